The minimum atomic E-state index is -3.88. The molecule has 1 saturated heterocycles. The van der Waals surface area contributed by atoms with Gasteiger partial charge < -0.3 is 10.2 Å². The molecule has 1 aliphatic heterocycles. The second-order valence-corrected chi connectivity index (χ2v) is 6.62. The Balaban J connectivity index is 2.11. The Kier molecular flexibility index (Phi) is 4.50. The highest BCUT2D eigenvalue weighted by molar-refractivity contribution is 7.89. The maximum atomic E-state index is 11.9. The molecule has 1 fully saturated rings. The quantitative estimate of drug-likeness (QED) is 0.839. The van der Waals surface area contributed by atoms with Crippen LogP contribution in [0.1, 0.15) is 12.8 Å². The van der Waals surface area contributed by atoms with Crippen molar-refractivity contribution in [1.82, 2.24) is 4.90 Å². The van der Waals surface area contributed by atoms with E-state index in [2.05, 4.69) is 5.32 Å². The van der Waals surface area contributed by atoms with E-state index in [1.165, 1.54) is 23.1 Å². The van der Waals surface area contributed by atoms with Crippen LogP contribution in [-0.2, 0) is 19.6 Å². The van der Waals surface area contributed by atoms with Crippen LogP contribution < -0.4 is 10.5 Å². The topological polar surface area (TPSA) is 110 Å². The van der Waals surface area contributed by atoms with E-state index >= 15 is 0 Å². The largest absolute Gasteiger partial charge is 0.333 e. The van der Waals surface area contributed by atoms with E-state index in [1.54, 1.807) is 0 Å². The van der Waals surface area contributed by atoms with Crippen LogP contribution in [0.2, 0.25) is 5.02 Å². The number of carbonyl (C=O) groups excluding carboxylic acids is 2. The highest BCUT2D eigenvalue weighted by Crippen LogP contribution is 2.24. The molecule has 1 aromatic carbocycles. The van der Waals surface area contributed by atoms with Crippen molar-refractivity contribution in [3.05, 3.63) is 23.2 Å². The average Bonchev–Trinajstić information content (AvgIpc) is 2.76. The molecular formula is C12H14ClN3O4S. The molecule has 1 aromatic rings. The second-order valence-electron chi connectivity index (χ2n) is 4.65. The van der Waals surface area contributed by atoms with Gasteiger partial charge in [-0.05, 0) is 24.6 Å². The van der Waals surface area contributed by atoms with E-state index in [1.807, 2.05) is 0 Å². The van der Waals surface area contributed by atoms with Crippen LogP contribution in [0.4, 0.5) is 5.69 Å². The van der Waals surface area contributed by atoms with Gasteiger partial charge in [-0.25, -0.2) is 13.6 Å². The van der Waals surface area contributed by atoms with E-state index in [0.717, 1.165) is 6.42 Å². The zero-order valence-corrected chi connectivity index (χ0v) is 12.6. The normalized spacial score (nSPS) is 15.3. The zero-order valence-electron chi connectivity index (χ0n) is 11.0. The third-order valence-corrected chi connectivity index (χ3v) is 4.29. The lowest BCUT2D eigenvalue weighted by atomic mass is 10.3. The van der Waals surface area contributed by atoms with Crippen molar-refractivity contribution < 1.29 is 18.0 Å². The minimum Gasteiger partial charge on any atom is -0.333 e. The molecule has 0 aliphatic carbocycles. The number of likely N-dealkylation sites (tertiary alicyclic amines) is 1. The molecule has 0 atom stereocenters. The Labute approximate surface area is 127 Å². The van der Waals surface area contributed by atoms with Gasteiger partial charge in [0.05, 0.1) is 22.2 Å². The molecule has 0 bridgehead atoms. The monoisotopic (exact) mass is 331 g/mol. The number of amides is 2. The van der Waals surface area contributed by atoms with Gasteiger partial charge in [-0.2, -0.15) is 0 Å². The first kappa shape index (κ1) is 15.7. The fourth-order valence-electron chi connectivity index (χ4n) is 2.01. The van der Waals surface area contributed by atoms with Gasteiger partial charge in [-0.1, -0.05) is 11.6 Å². The lowest BCUT2D eigenvalue weighted by molar-refractivity contribution is -0.131. The standard InChI is InChI=1S/C12H14ClN3O4S/c13-9-4-3-8(21(14,19)20)6-10(9)15-11(17)7-16-5-1-2-12(16)18/h3-4,6H,1-2,5,7H2,(H,15,17)(H2,14,19,20). The molecule has 114 valence electrons. The summed E-state index contributed by atoms with van der Waals surface area (Å²) in [6, 6.07) is 3.76. The van der Waals surface area contributed by atoms with Gasteiger partial charge in [0.15, 0.2) is 0 Å². The maximum absolute atomic E-state index is 11.9. The van der Waals surface area contributed by atoms with E-state index in [0.29, 0.717) is 13.0 Å². The van der Waals surface area contributed by atoms with Crippen molar-refractivity contribution in [2.24, 2.45) is 5.14 Å². The smallest absolute Gasteiger partial charge is 0.244 e. The number of primary sulfonamides is 1. The van der Waals surface area contributed by atoms with Crippen LogP contribution in [0.15, 0.2) is 23.1 Å². The molecule has 3 N–H and O–H groups in total. The highest BCUT2D eigenvalue weighted by atomic mass is 35.5. The number of anilines is 1. The Bertz CT molecular complexity index is 690. The number of carbonyl (C=O) groups is 2. The number of nitrogens with zero attached hydrogens (tertiary/aromatic N) is 1. The van der Waals surface area contributed by atoms with Crippen molar-refractivity contribution in [3.8, 4) is 0 Å². The number of nitrogens with one attached hydrogen (secondary N) is 1. The number of halogens is 1. The van der Waals surface area contributed by atoms with Gasteiger partial charge >= 0.3 is 0 Å². The summed E-state index contributed by atoms with van der Waals surface area (Å²) in [6.45, 7) is 0.450. The Morgan fingerprint density at radius 3 is 2.71 bits per heavy atom. The molecule has 0 spiro atoms. The summed E-state index contributed by atoms with van der Waals surface area (Å²) in [6.07, 6.45) is 1.17. The summed E-state index contributed by atoms with van der Waals surface area (Å²) in [5.41, 5.74) is 0.139. The SMILES string of the molecule is NS(=O)(=O)c1ccc(Cl)c(NC(=O)CN2CCCC2=O)c1. The van der Waals surface area contributed by atoms with Crippen molar-refractivity contribution in [2.75, 3.05) is 18.4 Å². The van der Waals surface area contributed by atoms with Gasteiger partial charge in [0.1, 0.15) is 0 Å². The van der Waals surface area contributed by atoms with E-state index in [-0.39, 0.29) is 28.1 Å². The molecule has 21 heavy (non-hydrogen) atoms. The number of nitrogens with two attached hydrogens (primary N) is 1. The van der Waals surface area contributed by atoms with Crippen LogP contribution in [0, 0.1) is 0 Å². The minimum absolute atomic E-state index is 0.0745. The first-order chi connectivity index (χ1) is 9.77. The van der Waals surface area contributed by atoms with Gasteiger partial charge in [0.2, 0.25) is 21.8 Å². The van der Waals surface area contributed by atoms with Crippen molar-refractivity contribution in [2.45, 2.75) is 17.7 Å². The third-order valence-electron chi connectivity index (χ3n) is 3.05. The molecule has 0 saturated carbocycles. The maximum Gasteiger partial charge on any atom is 0.244 e. The van der Waals surface area contributed by atoms with Gasteiger partial charge in [-0.3, -0.25) is 9.59 Å². The molecule has 0 radical (unpaired) electrons. The summed E-state index contributed by atoms with van der Waals surface area (Å²) in [7, 11) is -3.88. The lowest BCUT2D eigenvalue weighted by Gasteiger charge is -2.15. The van der Waals surface area contributed by atoms with Gasteiger partial charge in [-0.15, -0.1) is 0 Å². The highest BCUT2D eigenvalue weighted by Gasteiger charge is 2.22. The van der Waals surface area contributed by atoms with E-state index in [4.69, 9.17) is 16.7 Å². The first-order valence-electron chi connectivity index (χ1n) is 6.17. The second kappa shape index (κ2) is 6.00. The summed E-state index contributed by atoms with van der Waals surface area (Å²) >= 11 is 5.90. The third kappa shape index (κ3) is 3.93. The zero-order chi connectivity index (χ0) is 15.6. The first-order valence-corrected chi connectivity index (χ1v) is 8.10. The van der Waals surface area contributed by atoms with E-state index in [9.17, 15) is 18.0 Å². The number of hydrogen-bond donors (Lipinski definition) is 2. The fourth-order valence-corrected chi connectivity index (χ4v) is 2.72. The summed E-state index contributed by atoms with van der Waals surface area (Å²) in [5.74, 6) is -0.520. The van der Waals surface area contributed by atoms with Crippen LogP contribution in [0.3, 0.4) is 0 Å². The molecule has 0 unspecified atom stereocenters. The molecular weight excluding hydrogens is 318 g/mol. The van der Waals surface area contributed by atoms with Gasteiger partial charge in [0.25, 0.3) is 0 Å². The van der Waals surface area contributed by atoms with Crippen LogP contribution in [0.5, 0.6) is 0 Å². The van der Waals surface area contributed by atoms with E-state index < -0.39 is 15.9 Å². The number of hydrogen-bond acceptors (Lipinski definition) is 4. The number of benzene rings is 1. The van der Waals surface area contributed by atoms with Crippen LogP contribution >= 0.6 is 11.6 Å². The van der Waals surface area contributed by atoms with Crippen molar-refractivity contribution in [1.29, 1.82) is 0 Å². The molecule has 2 rings (SSSR count). The molecule has 1 heterocycles. The van der Waals surface area contributed by atoms with Crippen molar-refractivity contribution >= 4 is 39.1 Å². The Hall–Kier alpha value is -1.64. The Morgan fingerprint density at radius 1 is 1.43 bits per heavy atom. The average molecular weight is 332 g/mol. The molecule has 1 aliphatic rings. The van der Waals surface area contributed by atoms with Crippen LogP contribution in [0.25, 0.3) is 0 Å². The predicted octanol–water partition coefficient (Wildman–Crippen LogP) is 0.548. The molecule has 9 heteroatoms. The molecule has 2 amide bonds. The lowest BCUT2D eigenvalue weighted by Crippen LogP contribution is -2.34. The summed E-state index contributed by atoms with van der Waals surface area (Å²) in [5, 5.41) is 7.69. The summed E-state index contributed by atoms with van der Waals surface area (Å²) < 4.78 is 22.5. The fraction of sp³-hybridized carbons (Fsp3) is 0.333. The summed E-state index contributed by atoms with van der Waals surface area (Å²) in [4.78, 5) is 24.6. The molecule has 0 aromatic heterocycles. The molecule has 7 nitrogen and oxygen atoms in total. The number of rotatable bonds is 4. The predicted molar refractivity (Wildman–Crippen MR) is 77.3 cm³/mol. The Morgan fingerprint density at radius 2 is 2.14 bits per heavy atom. The van der Waals surface area contributed by atoms with Gasteiger partial charge in [0, 0.05) is 13.0 Å². The van der Waals surface area contributed by atoms with Crippen LogP contribution in [-0.4, -0.2) is 38.2 Å². The van der Waals surface area contributed by atoms with Crippen molar-refractivity contribution in [3.63, 3.8) is 0 Å². The number of sulfonamides is 1.